The number of hydrogen-bond acceptors (Lipinski definition) is 3. The highest BCUT2D eigenvalue weighted by Crippen LogP contribution is 2.22. The van der Waals surface area contributed by atoms with Crippen LogP contribution in [0.4, 0.5) is 14.5 Å². The molecule has 0 saturated heterocycles. The first-order valence-corrected chi connectivity index (χ1v) is 6.45. The van der Waals surface area contributed by atoms with Gasteiger partial charge in [0.25, 0.3) is 0 Å². The summed E-state index contributed by atoms with van der Waals surface area (Å²) in [5.74, 6) is -1.63. The topological polar surface area (TPSA) is 38.3 Å². The molecule has 6 heteroatoms. The molecule has 0 spiro atoms. The van der Waals surface area contributed by atoms with E-state index in [9.17, 15) is 13.6 Å². The van der Waals surface area contributed by atoms with Crippen molar-refractivity contribution in [3.63, 3.8) is 0 Å². The normalized spacial score (nSPS) is 10.3. The second-order valence-electron chi connectivity index (χ2n) is 4.24. The molecule has 3 nitrogen and oxygen atoms in total. The Balaban J connectivity index is 2.22. The summed E-state index contributed by atoms with van der Waals surface area (Å²) in [4.78, 5) is 11.4. The van der Waals surface area contributed by atoms with Gasteiger partial charge in [-0.1, -0.05) is 17.7 Å². The highest BCUT2D eigenvalue weighted by atomic mass is 35.5. The van der Waals surface area contributed by atoms with Crippen molar-refractivity contribution >= 4 is 23.3 Å². The highest BCUT2D eigenvalue weighted by Gasteiger charge is 2.11. The molecular formula is C15H12ClF2NO2. The number of methoxy groups -OCH3 is 1. The number of esters is 1. The van der Waals surface area contributed by atoms with Crippen LogP contribution in [0, 0.1) is 11.6 Å². The van der Waals surface area contributed by atoms with Crippen molar-refractivity contribution in [1.29, 1.82) is 0 Å². The number of halogens is 3. The fourth-order valence-corrected chi connectivity index (χ4v) is 2.02. The number of anilines is 1. The molecule has 0 aliphatic rings. The van der Waals surface area contributed by atoms with Crippen LogP contribution in [-0.2, 0) is 11.3 Å². The summed E-state index contributed by atoms with van der Waals surface area (Å²) in [5, 5.41) is 2.97. The van der Waals surface area contributed by atoms with Crippen molar-refractivity contribution < 1.29 is 18.3 Å². The second-order valence-corrected chi connectivity index (χ2v) is 4.65. The van der Waals surface area contributed by atoms with Gasteiger partial charge in [-0.05, 0) is 30.3 Å². The molecule has 110 valence electrons. The molecule has 0 radical (unpaired) electrons. The van der Waals surface area contributed by atoms with Crippen LogP contribution in [0.25, 0.3) is 0 Å². The quantitative estimate of drug-likeness (QED) is 0.867. The van der Waals surface area contributed by atoms with Crippen LogP contribution in [0.2, 0.25) is 5.02 Å². The molecule has 0 atom stereocenters. The maximum atomic E-state index is 13.7. The Morgan fingerprint density at radius 1 is 1.24 bits per heavy atom. The van der Waals surface area contributed by atoms with Crippen molar-refractivity contribution in [2.45, 2.75) is 6.54 Å². The highest BCUT2D eigenvalue weighted by molar-refractivity contribution is 6.31. The first kappa shape index (κ1) is 15.3. The third-order valence-electron chi connectivity index (χ3n) is 2.90. The lowest BCUT2D eigenvalue weighted by Gasteiger charge is -2.11. The summed E-state index contributed by atoms with van der Waals surface area (Å²) in [6, 6.07) is 8.04. The first-order chi connectivity index (χ1) is 10.0. The minimum absolute atomic E-state index is 0.00689. The minimum atomic E-state index is -0.582. The van der Waals surface area contributed by atoms with Crippen molar-refractivity contribution in [3.8, 4) is 0 Å². The molecule has 0 bridgehead atoms. The first-order valence-electron chi connectivity index (χ1n) is 6.07. The molecule has 2 aromatic rings. The van der Waals surface area contributed by atoms with E-state index >= 15 is 0 Å². The molecule has 0 aromatic heterocycles. The number of hydrogen-bond donors (Lipinski definition) is 1. The van der Waals surface area contributed by atoms with Crippen LogP contribution in [-0.4, -0.2) is 13.1 Å². The lowest BCUT2D eigenvalue weighted by molar-refractivity contribution is 0.0600. The van der Waals surface area contributed by atoms with Gasteiger partial charge in [0, 0.05) is 17.1 Å². The van der Waals surface area contributed by atoms with Crippen molar-refractivity contribution in [1.82, 2.24) is 0 Å². The average Bonchev–Trinajstić information content (AvgIpc) is 2.47. The van der Waals surface area contributed by atoms with E-state index in [4.69, 9.17) is 11.6 Å². The average molecular weight is 312 g/mol. The van der Waals surface area contributed by atoms with E-state index in [1.54, 1.807) is 6.07 Å². The molecule has 0 aliphatic heterocycles. The predicted octanol–water partition coefficient (Wildman–Crippen LogP) is 4.02. The molecule has 21 heavy (non-hydrogen) atoms. The van der Waals surface area contributed by atoms with E-state index in [0.717, 1.165) is 6.07 Å². The Bertz CT molecular complexity index is 656. The molecule has 0 amide bonds. The molecule has 2 aromatic carbocycles. The van der Waals surface area contributed by atoms with E-state index in [1.165, 1.54) is 31.4 Å². The van der Waals surface area contributed by atoms with Crippen molar-refractivity contribution in [2.24, 2.45) is 0 Å². The lowest BCUT2D eigenvalue weighted by Crippen LogP contribution is -2.07. The van der Waals surface area contributed by atoms with Gasteiger partial charge in [-0.25, -0.2) is 13.6 Å². The van der Waals surface area contributed by atoms with Gasteiger partial charge in [0.05, 0.1) is 18.4 Å². The molecule has 0 fully saturated rings. The van der Waals surface area contributed by atoms with Crippen LogP contribution in [0.15, 0.2) is 36.4 Å². The van der Waals surface area contributed by atoms with E-state index in [2.05, 4.69) is 10.1 Å². The van der Waals surface area contributed by atoms with Crippen molar-refractivity contribution in [3.05, 3.63) is 64.2 Å². The Labute approximate surface area is 125 Å². The van der Waals surface area contributed by atoms with E-state index in [0.29, 0.717) is 0 Å². The summed E-state index contributed by atoms with van der Waals surface area (Å²) in [6.07, 6.45) is 0. The largest absolute Gasteiger partial charge is 0.465 e. The molecule has 0 saturated carbocycles. The number of carbonyl (C=O) groups excluding carboxylic acids is 1. The number of carbonyl (C=O) groups is 1. The molecule has 1 N–H and O–H groups in total. The molecule has 0 aliphatic carbocycles. The summed E-state index contributed by atoms with van der Waals surface area (Å²) < 4.78 is 31.9. The second kappa shape index (κ2) is 6.54. The molecule has 0 heterocycles. The SMILES string of the molecule is COC(=O)c1ccc(F)c(NCc2c(F)cccc2Cl)c1. The Hall–Kier alpha value is -2.14. The van der Waals surface area contributed by atoms with Crippen molar-refractivity contribution in [2.75, 3.05) is 12.4 Å². The standard InChI is InChI=1S/C15H12ClF2NO2/c1-21-15(20)9-5-6-13(18)14(7-9)19-8-10-11(16)3-2-4-12(10)17/h2-7,19H,8H2,1H3. The smallest absolute Gasteiger partial charge is 0.337 e. The van der Waals surface area contributed by atoms with Gasteiger partial charge in [-0.3, -0.25) is 0 Å². The number of rotatable bonds is 4. The number of benzene rings is 2. The summed E-state index contributed by atoms with van der Waals surface area (Å²) >= 11 is 5.89. The lowest BCUT2D eigenvalue weighted by atomic mass is 10.1. The summed E-state index contributed by atoms with van der Waals surface area (Å²) in [7, 11) is 1.23. The monoisotopic (exact) mass is 311 g/mol. The van der Waals surface area contributed by atoms with Crippen LogP contribution >= 0.6 is 11.6 Å². The maximum absolute atomic E-state index is 13.7. The van der Waals surface area contributed by atoms with Gasteiger partial charge >= 0.3 is 5.97 Å². The summed E-state index contributed by atoms with van der Waals surface area (Å²) in [6.45, 7) is -0.00689. The van der Waals surface area contributed by atoms with Crippen LogP contribution in [0.1, 0.15) is 15.9 Å². The molecule has 0 unspecified atom stereocenters. The van der Waals surface area contributed by atoms with Gasteiger partial charge in [0.1, 0.15) is 11.6 Å². The maximum Gasteiger partial charge on any atom is 0.337 e. The van der Waals surface area contributed by atoms with Crippen LogP contribution in [0.3, 0.4) is 0 Å². The van der Waals surface area contributed by atoms with Crippen LogP contribution < -0.4 is 5.32 Å². The van der Waals surface area contributed by atoms with E-state index in [1.807, 2.05) is 0 Å². The van der Waals surface area contributed by atoms with Gasteiger partial charge < -0.3 is 10.1 Å². The molecular weight excluding hydrogens is 300 g/mol. The number of ether oxygens (including phenoxy) is 1. The third-order valence-corrected chi connectivity index (χ3v) is 3.26. The Morgan fingerprint density at radius 3 is 2.67 bits per heavy atom. The zero-order valence-corrected chi connectivity index (χ0v) is 11.9. The van der Waals surface area contributed by atoms with Gasteiger partial charge in [0.2, 0.25) is 0 Å². The van der Waals surface area contributed by atoms with Gasteiger partial charge in [0.15, 0.2) is 0 Å². The minimum Gasteiger partial charge on any atom is -0.465 e. The van der Waals surface area contributed by atoms with E-state index < -0.39 is 17.6 Å². The third kappa shape index (κ3) is 3.49. The Kier molecular flexibility index (Phi) is 4.75. The fraction of sp³-hybridized carbons (Fsp3) is 0.133. The fourth-order valence-electron chi connectivity index (χ4n) is 1.79. The van der Waals surface area contributed by atoms with Gasteiger partial charge in [-0.15, -0.1) is 0 Å². The zero-order valence-electron chi connectivity index (χ0n) is 11.1. The zero-order chi connectivity index (χ0) is 15.4. The van der Waals surface area contributed by atoms with Gasteiger partial charge in [-0.2, -0.15) is 0 Å². The molecule has 2 rings (SSSR count). The van der Waals surface area contributed by atoms with E-state index in [-0.39, 0.29) is 28.4 Å². The number of nitrogens with one attached hydrogen (secondary N) is 1. The Morgan fingerprint density at radius 2 is 2.00 bits per heavy atom. The predicted molar refractivity (Wildman–Crippen MR) is 76.5 cm³/mol. The van der Waals surface area contributed by atoms with Crippen LogP contribution in [0.5, 0.6) is 0 Å². The summed E-state index contributed by atoms with van der Waals surface area (Å²) in [5.41, 5.74) is 0.486.